The van der Waals surface area contributed by atoms with Gasteiger partial charge in [-0.2, -0.15) is 10.1 Å². The van der Waals surface area contributed by atoms with Crippen LogP contribution in [-0.4, -0.2) is 103 Å². The van der Waals surface area contributed by atoms with Crippen molar-refractivity contribution in [2.75, 3.05) is 86.7 Å². The number of carbonyl (C=O) groups excluding carboxylic acids is 2. The number of carbonyl (C=O) groups is 2. The fourth-order valence-electron chi connectivity index (χ4n) is 9.44. The van der Waals surface area contributed by atoms with Crippen molar-refractivity contribution in [2.45, 2.75) is 31.6 Å². The summed E-state index contributed by atoms with van der Waals surface area (Å²) in [6.07, 6.45) is 8.00. The van der Waals surface area contributed by atoms with Crippen LogP contribution < -0.4 is 35.8 Å². The molecule has 17 heteroatoms. The van der Waals surface area contributed by atoms with E-state index in [1.54, 1.807) is 31.2 Å². The van der Waals surface area contributed by atoms with Gasteiger partial charge in [-0.05, 0) is 80.0 Å². The van der Waals surface area contributed by atoms with Crippen LogP contribution in [0.1, 0.15) is 37.2 Å². The quantitative estimate of drug-likeness (QED) is 0.0752. The predicted octanol–water partition coefficient (Wildman–Crippen LogP) is 8.64. The molecular weight excluding hydrogens is 890 g/mol. The lowest BCUT2D eigenvalue weighted by Gasteiger charge is -2.40. The van der Waals surface area contributed by atoms with Crippen molar-refractivity contribution in [1.82, 2.24) is 30.0 Å². The lowest BCUT2D eigenvalue weighted by atomic mass is 9.90. The molecule has 4 aromatic carbocycles. The van der Waals surface area contributed by atoms with Gasteiger partial charge in [0.1, 0.15) is 23.7 Å². The number of piperidine rings is 2. The number of anilines is 6. The smallest absolute Gasteiger partial charge is 0.234 e. The van der Waals surface area contributed by atoms with Crippen LogP contribution >= 0.6 is 18.7 Å². The second-order valence-electron chi connectivity index (χ2n) is 18.0. The van der Waals surface area contributed by atoms with Crippen LogP contribution in [-0.2, 0) is 21.2 Å². The Bertz CT molecular complexity index is 2840. The van der Waals surface area contributed by atoms with E-state index in [0.29, 0.717) is 57.1 Å². The van der Waals surface area contributed by atoms with Crippen molar-refractivity contribution in [3.8, 4) is 28.0 Å². The average molecular weight is 945 g/mol. The number of amides is 2. The molecule has 5 heterocycles. The van der Waals surface area contributed by atoms with Crippen molar-refractivity contribution >= 4 is 70.4 Å². The Labute approximate surface area is 395 Å². The number of halogens is 2. The number of methoxy groups -OCH3 is 1. The Morgan fingerprint density at radius 3 is 2.31 bits per heavy atom. The molecule has 6 aromatic rings. The Balaban J connectivity index is 0.865. The highest BCUT2D eigenvalue weighted by molar-refractivity contribution is 7.70. The fraction of sp³-hybridized carbons (Fsp3) is 0.340. The molecule has 0 bridgehead atoms. The van der Waals surface area contributed by atoms with Crippen molar-refractivity contribution in [1.29, 1.82) is 0 Å². The Hall–Kier alpha value is -6.28. The molecule has 0 spiro atoms. The molecule has 1 unspecified atom stereocenters. The summed E-state index contributed by atoms with van der Waals surface area (Å²) in [5, 5.41) is 14.6. The first-order valence-electron chi connectivity index (χ1n) is 22.7. The van der Waals surface area contributed by atoms with Crippen LogP contribution in [0.2, 0.25) is 5.02 Å². The highest BCUT2D eigenvalue weighted by Gasteiger charge is 2.31. The monoisotopic (exact) mass is 944 g/mol. The second kappa shape index (κ2) is 19.5. The van der Waals surface area contributed by atoms with Gasteiger partial charge in [-0.15, -0.1) is 0 Å². The summed E-state index contributed by atoms with van der Waals surface area (Å²) in [5.41, 5.74) is 7.47. The van der Waals surface area contributed by atoms with Crippen LogP contribution in [0.15, 0.2) is 97.5 Å². The van der Waals surface area contributed by atoms with Crippen LogP contribution in [0.25, 0.3) is 22.3 Å². The number of benzene rings is 4. The number of hydrogen-bond donors (Lipinski definition) is 3. The lowest BCUT2D eigenvalue weighted by molar-refractivity contribution is -0.134. The van der Waals surface area contributed by atoms with Crippen LogP contribution in [0.3, 0.4) is 0 Å². The van der Waals surface area contributed by atoms with Gasteiger partial charge in [-0.1, -0.05) is 54.1 Å². The zero-order valence-corrected chi connectivity index (χ0v) is 39.8. The topological polar surface area (TPSA) is 150 Å². The van der Waals surface area contributed by atoms with Gasteiger partial charge >= 0.3 is 0 Å². The van der Waals surface area contributed by atoms with Crippen molar-refractivity contribution in [3.05, 3.63) is 114 Å². The van der Waals surface area contributed by atoms with Gasteiger partial charge in [0.05, 0.1) is 36.8 Å². The first kappa shape index (κ1) is 45.9. The van der Waals surface area contributed by atoms with E-state index in [1.165, 1.54) is 12.3 Å². The minimum Gasteiger partial charge on any atom is -0.494 e. The number of ether oxygens (including phenoxy) is 1. The molecule has 2 aromatic heterocycles. The normalized spacial score (nSPS) is 17.4. The molecule has 9 rings (SSSR count). The molecule has 67 heavy (non-hydrogen) atoms. The first-order valence-corrected chi connectivity index (χ1v) is 25.7. The summed E-state index contributed by atoms with van der Waals surface area (Å²) < 4.78 is 36.7. The van der Waals surface area contributed by atoms with Crippen molar-refractivity contribution in [2.24, 2.45) is 13.0 Å². The summed E-state index contributed by atoms with van der Waals surface area (Å²) >= 11 is 6.69. The number of imide groups is 1. The zero-order chi connectivity index (χ0) is 46.8. The molecule has 1 atom stereocenters. The second-order valence-corrected chi connectivity index (χ2v) is 21.6. The standard InChI is InChI=1S/C50H55ClFN10O4P/c1-59-31-35(28-54-59)39-26-43(56-50-53-29-40(51)48(58-50)55-42-14-10-34(24-46(42)67(3,4)65)33-8-6-5-7-9-33)45(66-2)27-44(39)62-18-16-32(17-19-62)30-60-20-22-61(23-21-60)36-11-12-37(41(52)25-36)38-13-15-47(63)57-49(38)64/h5-12,14,24-29,31-32,38H,13,15-23,30H2,1-4H3,(H,57,63,64)(H2,53,55,56,58). The maximum atomic E-state index is 15.3. The predicted molar refractivity (Wildman–Crippen MR) is 265 cm³/mol. The zero-order valence-electron chi connectivity index (χ0n) is 38.1. The van der Waals surface area contributed by atoms with E-state index in [2.05, 4.69) is 52.9 Å². The van der Waals surface area contributed by atoms with E-state index in [0.717, 1.165) is 92.3 Å². The maximum Gasteiger partial charge on any atom is 0.234 e. The highest BCUT2D eigenvalue weighted by atomic mass is 35.5. The number of aromatic nitrogens is 4. The minimum absolute atomic E-state index is 0.216. The van der Waals surface area contributed by atoms with E-state index in [4.69, 9.17) is 21.3 Å². The number of nitrogens with one attached hydrogen (secondary N) is 3. The third-order valence-electron chi connectivity index (χ3n) is 13.1. The average Bonchev–Trinajstić information content (AvgIpc) is 3.76. The molecule has 0 radical (unpaired) electrons. The van der Waals surface area contributed by atoms with Crippen LogP contribution in [0.4, 0.5) is 38.9 Å². The molecule has 3 fully saturated rings. The fourth-order valence-corrected chi connectivity index (χ4v) is 10.7. The number of hydrogen-bond acceptors (Lipinski definition) is 12. The Morgan fingerprint density at radius 2 is 1.63 bits per heavy atom. The molecule has 3 aliphatic heterocycles. The van der Waals surface area contributed by atoms with Gasteiger partial charge in [0, 0.05) is 105 Å². The third-order valence-corrected chi connectivity index (χ3v) is 14.9. The molecule has 3 saturated heterocycles. The van der Waals surface area contributed by atoms with E-state index in [9.17, 15) is 14.2 Å². The number of nitrogens with zero attached hydrogens (tertiary/aromatic N) is 7. The van der Waals surface area contributed by atoms with Gasteiger partial charge in [-0.25, -0.2) is 9.37 Å². The van der Waals surface area contributed by atoms with Gasteiger partial charge < -0.3 is 29.7 Å². The molecule has 348 valence electrons. The number of aryl methyl sites for hydroxylation is 1. The SMILES string of the molecule is COc1cc(N2CCC(CN3CCN(c4ccc(C5CCC(=O)NC5=O)c(F)c4)CC3)CC2)c(-c2cnn(C)c2)cc1Nc1ncc(Cl)c(Nc2ccc(-c3ccccc3)cc2P(C)(C)=O)n1. The summed E-state index contributed by atoms with van der Waals surface area (Å²) in [6, 6.07) is 25.1. The van der Waals surface area contributed by atoms with Gasteiger partial charge in [0.25, 0.3) is 0 Å². The summed E-state index contributed by atoms with van der Waals surface area (Å²) in [4.78, 5) is 40.4. The largest absolute Gasteiger partial charge is 0.494 e. The molecule has 3 N–H and O–H groups in total. The van der Waals surface area contributed by atoms with Crippen molar-refractivity contribution < 1.29 is 23.3 Å². The highest BCUT2D eigenvalue weighted by Crippen LogP contribution is 2.43. The van der Waals surface area contributed by atoms with E-state index >= 15 is 4.39 Å². The molecule has 2 amide bonds. The van der Waals surface area contributed by atoms with Crippen LogP contribution in [0, 0.1) is 11.7 Å². The molecule has 0 aliphatic carbocycles. The van der Waals surface area contributed by atoms with Crippen LogP contribution in [0.5, 0.6) is 5.75 Å². The van der Waals surface area contributed by atoms with Gasteiger partial charge in [0.2, 0.25) is 17.8 Å². The van der Waals surface area contributed by atoms with Gasteiger partial charge in [0.15, 0.2) is 5.82 Å². The summed E-state index contributed by atoms with van der Waals surface area (Å²) in [5.74, 6) is 0.0271. The third kappa shape index (κ3) is 10.3. The molecule has 14 nitrogen and oxygen atoms in total. The molecule has 3 aliphatic rings. The van der Waals surface area contributed by atoms with E-state index < -0.39 is 24.8 Å². The molecular formula is C50H55ClFN10O4P. The maximum absolute atomic E-state index is 15.3. The summed E-state index contributed by atoms with van der Waals surface area (Å²) in [6.45, 7) is 9.58. The van der Waals surface area contributed by atoms with E-state index in [1.807, 2.05) is 74.0 Å². The summed E-state index contributed by atoms with van der Waals surface area (Å²) in [7, 11) is 0.820. The number of piperazine rings is 1. The lowest BCUT2D eigenvalue weighted by Crippen LogP contribution is -2.49. The first-order chi connectivity index (χ1) is 32.3. The van der Waals surface area contributed by atoms with E-state index in [-0.39, 0.29) is 12.3 Å². The van der Waals surface area contributed by atoms with Gasteiger partial charge in [-0.3, -0.25) is 24.5 Å². The Kier molecular flexibility index (Phi) is 13.4. The Morgan fingerprint density at radius 1 is 0.851 bits per heavy atom. The minimum atomic E-state index is -2.73. The molecule has 0 saturated carbocycles. The van der Waals surface area contributed by atoms with Crippen molar-refractivity contribution in [3.63, 3.8) is 0 Å². The number of rotatable bonds is 13.